The van der Waals surface area contributed by atoms with Gasteiger partial charge in [0, 0.05) is 22.7 Å². The van der Waals surface area contributed by atoms with E-state index in [2.05, 4.69) is 10.3 Å². The molecule has 3 aromatic rings. The third-order valence-corrected chi connectivity index (χ3v) is 6.62. The van der Waals surface area contributed by atoms with Crippen molar-refractivity contribution >= 4 is 62.3 Å². The van der Waals surface area contributed by atoms with Gasteiger partial charge < -0.3 is 5.32 Å². The average Bonchev–Trinajstić information content (AvgIpc) is 2.92. The van der Waals surface area contributed by atoms with Gasteiger partial charge in [-0.05, 0) is 54.8 Å². The van der Waals surface area contributed by atoms with E-state index >= 15 is 0 Å². The maximum atomic E-state index is 12.6. The van der Waals surface area contributed by atoms with Crippen LogP contribution in [0.25, 0.3) is 10.2 Å². The Morgan fingerprint density at radius 2 is 2.12 bits per heavy atom. The Labute approximate surface area is 164 Å². The van der Waals surface area contributed by atoms with E-state index in [0.29, 0.717) is 22.8 Å². The van der Waals surface area contributed by atoms with Crippen LogP contribution in [-0.4, -0.2) is 22.4 Å². The number of halogens is 1. The molecule has 0 spiro atoms. The highest BCUT2D eigenvalue weighted by atomic mass is 35.5. The molecule has 4 rings (SSSR count). The summed E-state index contributed by atoms with van der Waals surface area (Å²) in [7, 11) is 0. The summed E-state index contributed by atoms with van der Waals surface area (Å²) in [6.45, 7) is 0. The minimum Gasteiger partial charge on any atom is -0.326 e. The Kier molecular flexibility index (Phi) is 4.98. The molecule has 1 aromatic heterocycles. The van der Waals surface area contributed by atoms with Gasteiger partial charge in [0.05, 0.1) is 16.0 Å². The molecule has 0 saturated heterocycles. The monoisotopic (exact) mass is 402 g/mol. The van der Waals surface area contributed by atoms with Crippen molar-refractivity contribution < 1.29 is 9.59 Å². The first-order valence-electron chi connectivity index (χ1n) is 8.23. The van der Waals surface area contributed by atoms with E-state index < -0.39 is 0 Å². The summed E-state index contributed by atoms with van der Waals surface area (Å²) in [5.41, 5.74) is 3.39. The van der Waals surface area contributed by atoms with Crippen molar-refractivity contribution in [2.75, 3.05) is 11.1 Å². The quantitative estimate of drug-likeness (QED) is 0.481. The second kappa shape index (κ2) is 7.39. The third kappa shape index (κ3) is 3.77. The van der Waals surface area contributed by atoms with Crippen molar-refractivity contribution in [1.82, 2.24) is 4.98 Å². The summed E-state index contributed by atoms with van der Waals surface area (Å²) >= 11 is 9.00. The molecule has 4 nitrogen and oxygen atoms in total. The lowest BCUT2D eigenvalue weighted by Crippen LogP contribution is -2.10. The van der Waals surface area contributed by atoms with Gasteiger partial charge in [-0.25, -0.2) is 4.98 Å². The maximum absolute atomic E-state index is 12.6. The average molecular weight is 403 g/mol. The molecule has 1 N–H and O–H groups in total. The highest BCUT2D eigenvalue weighted by Crippen LogP contribution is 2.31. The second-order valence-corrected chi connectivity index (χ2v) is 8.77. The molecular formula is C19H15ClN2O2S2. The number of aryl methyl sites for hydroxylation is 1. The van der Waals surface area contributed by atoms with Crippen LogP contribution >= 0.6 is 34.7 Å². The Balaban J connectivity index is 1.47. The highest BCUT2D eigenvalue weighted by molar-refractivity contribution is 8.01. The molecule has 0 fully saturated rings. The van der Waals surface area contributed by atoms with Crippen LogP contribution in [0, 0.1) is 0 Å². The number of aromatic nitrogens is 1. The molecule has 0 unspecified atom stereocenters. The Bertz CT molecular complexity index is 1020. The number of amides is 1. The number of anilines is 1. The van der Waals surface area contributed by atoms with Crippen molar-refractivity contribution in [2.45, 2.75) is 23.6 Å². The van der Waals surface area contributed by atoms with Gasteiger partial charge in [0.25, 0.3) is 0 Å². The molecule has 0 radical (unpaired) electrons. The van der Waals surface area contributed by atoms with Crippen LogP contribution in [0.1, 0.15) is 28.8 Å². The Morgan fingerprint density at radius 3 is 3.00 bits per heavy atom. The molecule has 2 aromatic carbocycles. The Hall–Kier alpha value is -1.89. The lowest BCUT2D eigenvalue weighted by atomic mass is 10.0. The third-order valence-electron chi connectivity index (χ3n) is 4.21. The number of nitrogens with one attached hydrogen (secondary N) is 1. The number of Topliss-reactive ketones (excluding diaryl/α,β-unsaturated/α-hetero) is 1. The summed E-state index contributed by atoms with van der Waals surface area (Å²) in [6.07, 6.45) is 2.13. The largest absolute Gasteiger partial charge is 0.326 e. The molecule has 0 atom stereocenters. The van der Waals surface area contributed by atoms with Crippen LogP contribution in [-0.2, 0) is 11.2 Å². The van der Waals surface area contributed by atoms with Crippen molar-refractivity contribution in [3.8, 4) is 0 Å². The summed E-state index contributed by atoms with van der Waals surface area (Å²) in [5, 5.41) is 3.55. The lowest BCUT2D eigenvalue weighted by Gasteiger charge is -2.08. The van der Waals surface area contributed by atoms with Gasteiger partial charge in [-0.3, -0.25) is 9.59 Å². The van der Waals surface area contributed by atoms with Crippen molar-refractivity contribution in [1.29, 1.82) is 0 Å². The van der Waals surface area contributed by atoms with E-state index in [0.717, 1.165) is 38.6 Å². The number of hydrogen-bond acceptors (Lipinski definition) is 5. The maximum Gasteiger partial charge on any atom is 0.224 e. The van der Waals surface area contributed by atoms with Crippen molar-refractivity contribution in [3.05, 3.63) is 52.5 Å². The van der Waals surface area contributed by atoms with Gasteiger partial charge in [0.2, 0.25) is 5.91 Å². The van der Waals surface area contributed by atoms with Crippen LogP contribution in [0.2, 0.25) is 5.02 Å². The molecule has 1 aliphatic heterocycles. The zero-order valence-corrected chi connectivity index (χ0v) is 16.1. The minimum atomic E-state index is 0.0364. The smallest absolute Gasteiger partial charge is 0.224 e. The van der Waals surface area contributed by atoms with E-state index in [-0.39, 0.29) is 11.7 Å². The minimum absolute atomic E-state index is 0.0364. The van der Waals surface area contributed by atoms with Gasteiger partial charge >= 0.3 is 0 Å². The SMILES string of the molecule is O=C1CCCc2cc(C(=O)CSc3nc4cc(Cl)ccc4s3)ccc2N1. The number of carbonyl (C=O) groups excluding carboxylic acids is 2. The Morgan fingerprint density at radius 1 is 1.23 bits per heavy atom. The summed E-state index contributed by atoms with van der Waals surface area (Å²) in [6, 6.07) is 11.1. The van der Waals surface area contributed by atoms with E-state index in [1.165, 1.54) is 11.8 Å². The second-order valence-electron chi connectivity index (χ2n) is 6.08. The highest BCUT2D eigenvalue weighted by Gasteiger charge is 2.16. The fraction of sp³-hybridized carbons (Fsp3) is 0.211. The molecular weight excluding hydrogens is 388 g/mol. The molecule has 7 heteroatoms. The normalized spacial score (nSPS) is 14.0. The number of carbonyl (C=O) groups is 2. The summed E-state index contributed by atoms with van der Waals surface area (Å²) in [4.78, 5) is 28.7. The summed E-state index contributed by atoms with van der Waals surface area (Å²) < 4.78 is 1.92. The molecule has 0 saturated carbocycles. The van der Waals surface area contributed by atoms with Gasteiger partial charge in [-0.1, -0.05) is 23.4 Å². The first-order chi connectivity index (χ1) is 12.6. The number of nitrogens with zero attached hydrogens (tertiary/aromatic N) is 1. The molecule has 132 valence electrons. The molecule has 1 amide bonds. The first-order valence-corrected chi connectivity index (χ1v) is 10.4. The van der Waals surface area contributed by atoms with E-state index in [4.69, 9.17) is 11.6 Å². The van der Waals surface area contributed by atoms with Crippen LogP contribution in [0.4, 0.5) is 5.69 Å². The lowest BCUT2D eigenvalue weighted by molar-refractivity contribution is -0.116. The molecule has 0 bridgehead atoms. The number of fused-ring (bicyclic) bond motifs is 2. The first kappa shape index (κ1) is 17.5. The number of thiazole rings is 1. The van der Waals surface area contributed by atoms with Crippen LogP contribution < -0.4 is 5.32 Å². The molecule has 1 aliphatic rings. The predicted octanol–water partition coefficient (Wildman–Crippen LogP) is 5.20. The van der Waals surface area contributed by atoms with Gasteiger partial charge in [0.15, 0.2) is 10.1 Å². The van der Waals surface area contributed by atoms with Gasteiger partial charge in [-0.2, -0.15) is 0 Å². The molecule has 0 aliphatic carbocycles. The number of hydrogen-bond donors (Lipinski definition) is 1. The van der Waals surface area contributed by atoms with Crippen LogP contribution in [0.15, 0.2) is 40.7 Å². The van der Waals surface area contributed by atoms with Crippen molar-refractivity contribution in [3.63, 3.8) is 0 Å². The number of rotatable bonds is 4. The van der Waals surface area contributed by atoms with Gasteiger partial charge in [0.1, 0.15) is 0 Å². The van der Waals surface area contributed by atoms with E-state index in [1.807, 2.05) is 30.3 Å². The molecule has 26 heavy (non-hydrogen) atoms. The standard InChI is InChI=1S/C19H15ClN2O2S2/c20-13-5-7-17-15(9-13)22-19(26-17)25-10-16(23)12-4-6-14-11(8-12)2-1-3-18(24)21-14/h4-9H,1-3,10H2,(H,21,24). The predicted molar refractivity (Wildman–Crippen MR) is 108 cm³/mol. The fourth-order valence-corrected chi connectivity index (χ4v) is 5.01. The van der Waals surface area contributed by atoms with Crippen LogP contribution in [0.5, 0.6) is 0 Å². The van der Waals surface area contributed by atoms with E-state index in [9.17, 15) is 9.59 Å². The number of benzene rings is 2. The summed E-state index contributed by atoms with van der Waals surface area (Å²) in [5.74, 6) is 0.429. The topological polar surface area (TPSA) is 59.1 Å². The molecule has 2 heterocycles. The van der Waals surface area contributed by atoms with Crippen LogP contribution in [0.3, 0.4) is 0 Å². The van der Waals surface area contributed by atoms with E-state index in [1.54, 1.807) is 17.4 Å². The number of thioether (sulfide) groups is 1. The number of ketones is 1. The zero-order valence-electron chi connectivity index (χ0n) is 13.8. The zero-order chi connectivity index (χ0) is 18.1. The fourth-order valence-electron chi connectivity index (χ4n) is 2.90. The van der Waals surface area contributed by atoms with Gasteiger partial charge in [-0.15, -0.1) is 11.3 Å². The van der Waals surface area contributed by atoms with Crippen molar-refractivity contribution in [2.24, 2.45) is 0 Å².